The van der Waals surface area contributed by atoms with Gasteiger partial charge in [-0.05, 0) is 41.3 Å². The van der Waals surface area contributed by atoms with Crippen molar-refractivity contribution in [3.63, 3.8) is 0 Å². The lowest BCUT2D eigenvalue weighted by Crippen LogP contribution is -2.13. The summed E-state index contributed by atoms with van der Waals surface area (Å²) in [5, 5.41) is 10.9. The molecule has 196 valence electrons. The van der Waals surface area contributed by atoms with E-state index in [1.807, 2.05) is 0 Å². The van der Waals surface area contributed by atoms with Crippen LogP contribution in [0, 0.1) is 10.1 Å². The molecule has 0 N–H and O–H groups in total. The molecule has 0 saturated heterocycles. The van der Waals surface area contributed by atoms with E-state index in [1.165, 1.54) is 24.3 Å². The summed E-state index contributed by atoms with van der Waals surface area (Å²) in [6.45, 7) is 1.14. The average molecular weight is 577 g/mol. The van der Waals surface area contributed by atoms with Crippen molar-refractivity contribution < 1.29 is 40.3 Å². The van der Waals surface area contributed by atoms with Crippen molar-refractivity contribution in [2.24, 2.45) is 0 Å². The molecule has 0 aliphatic carbocycles. The van der Waals surface area contributed by atoms with Crippen molar-refractivity contribution in [3.8, 4) is 11.5 Å². The molecule has 0 heterocycles. The van der Waals surface area contributed by atoms with E-state index in [9.17, 15) is 36.3 Å². The molecule has 0 aliphatic heterocycles. The lowest BCUT2D eigenvalue weighted by molar-refractivity contribution is -0.383. The Labute approximate surface area is 215 Å². The Hall–Kier alpha value is -3.05. The van der Waals surface area contributed by atoms with Gasteiger partial charge in [0.05, 0.1) is 26.2 Å². The smallest absolute Gasteiger partial charge is 0.455 e. The number of hydrogen-bond donors (Lipinski definition) is 0. The lowest BCUT2D eigenvalue weighted by Gasteiger charge is -2.13. The van der Waals surface area contributed by atoms with E-state index in [2.05, 4.69) is 0 Å². The van der Waals surface area contributed by atoms with E-state index in [1.54, 1.807) is 13.0 Å². The van der Waals surface area contributed by atoms with E-state index in [0.29, 0.717) is 11.6 Å². The molecular weight excluding hydrogens is 558 g/mol. The Bertz CT molecular complexity index is 1430. The highest BCUT2D eigenvalue weighted by molar-refractivity contribution is 7.91. The Balaban J connectivity index is 1.87. The Morgan fingerprint density at radius 1 is 1.05 bits per heavy atom. The van der Waals surface area contributed by atoms with Gasteiger partial charge in [-0.1, -0.05) is 36.7 Å². The van der Waals surface area contributed by atoms with Crippen molar-refractivity contribution >= 4 is 40.5 Å². The summed E-state index contributed by atoms with van der Waals surface area (Å²) in [6.07, 6.45) is -4.40. The average Bonchev–Trinajstić information content (AvgIpc) is 2.84. The highest BCUT2D eigenvalue weighted by Gasteiger charge is 2.36. The van der Waals surface area contributed by atoms with Gasteiger partial charge in [-0.25, -0.2) is 8.42 Å². The largest absolute Gasteiger partial charge is 0.556 e. The third-order valence-corrected chi connectivity index (χ3v) is 8.23. The minimum Gasteiger partial charge on any atom is -0.455 e. The number of hydrogen-bond acceptors (Lipinski definition) is 7. The molecule has 3 aromatic carbocycles. The lowest BCUT2D eigenvalue weighted by atomic mass is 10.1. The van der Waals surface area contributed by atoms with Gasteiger partial charge in [0.1, 0.15) is 18.1 Å². The van der Waals surface area contributed by atoms with Crippen molar-refractivity contribution in [1.82, 2.24) is 0 Å². The molecule has 0 bridgehead atoms. The zero-order valence-corrected chi connectivity index (χ0v) is 21.5. The van der Waals surface area contributed by atoms with E-state index < -0.39 is 52.6 Å². The molecular formula is C23H19ClF3NO7PS+. The SMILES string of the molecule is CCc1cc([N+](=O)[O-])c([P+](=O)OCCS(=O)(=O)c2ccccc2)cc1Oc1ccc(C(F)(F)F)cc1Cl. The molecule has 0 radical (unpaired) electrons. The number of nitro benzene ring substituents is 1. The highest BCUT2D eigenvalue weighted by Crippen LogP contribution is 2.39. The summed E-state index contributed by atoms with van der Waals surface area (Å²) in [5.41, 5.74) is -1.25. The predicted molar refractivity (Wildman–Crippen MR) is 131 cm³/mol. The molecule has 14 heteroatoms. The monoisotopic (exact) mass is 576 g/mol. The number of alkyl halides is 3. The van der Waals surface area contributed by atoms with Crippen LogP contribution < -0.4 is 10.0 Å². The predicted octanol–water partition coefficient (Wildman–Crippen LogP) is 6.48. The fraction of sp³-hybridized carbons (Fsp3) is 0.217. The van der Waals surface area contributed by atoms with Crippen LogP contribution in [0.25, 0.3) is 0 Å². The van der Waals surface area contributed by atoms with Crippen LogP contribution in [0.4, 0.5) is 18.9 Å². The fourth-order valence-corrected chi connectivity index (χ4v) is 5.59. The number of ether oxygens (including phenoxy) is 1. The molecule has 1 unspecified atom stereocenters. The van der Waals surface area contributed by atoms with Gasteiger partial charge in [0.25, 0.3) is 0 Å². The van der Waals surface area contributed by atoms with E-state index in [-0.39, 0.29) is 33.1 Å². The van der Waals surface area contributed by atoms with Crippen molar-refractivity contribution in [1.29, 1.82) is 0 Å². The molecule has 0 spiro atoms. The Morgan fingerprint density at radius 2 is 1.73 bits per heavy atom. The number of aryl methyl sites for hydroxylation is 1. The van der Waals surface area contributed by atoms with Crippen molar-refractivity contribution in [3.05, 3.63) is 86.9 Å². The van der Waals surface area contributed by atoms with Gasteiger partial charge in [-0.3, -0.25) is 10.1 Å². The van der Waals surface area contributed by atoms with E-state index in [0.717, 1.165) is 24.3 Å². The summed E-state index contributed by atoms with van der Waals surface area (Å²) in [4.78, 5) is 10.9. The normalized spacial score (nSPS) is 12.3. The van der Waals surface area contributed by atoms with Crippen LogP contribution >= 0.6 is 19.6 Å². The molecule has 0 fully saturated rings. The molecule has 8 nitrogen and oxygen atoms in total. The second-order valence-corrected chi connectivity index (χ2v) is 11.3. The molecule has 3 rings (SSSR count). The quantitative estimate of drug-likeness (QED) is 0.154. The number of rotatable bonds is 10. The van der Waals surface area contributed by atoms with Crippen LogP contribution in [0.5, 0.6) is 11.5 Å². The maximum atomic E-state index is 12.9. The van der Waals surface area contributed by atoms with Crippen LogP contribution in [0.3, 0.4) is 0 Å². The molecule has 37 heavy (non-hydrogen) atoms. The minimum atomic E-state index is -4.62. The minimum absolute atomic E-state index is 0.0337. The molecule has 3 aromatic rings. The molecule has 0 aromatic heterocycles. The first-order valence-corrected chi connectivity index (χ1v) is 13.8. The fourth-order valence-electron chi connectivity index (χ4n) is 3.19. The maximum Gasteiger partial charge on any atom is 0.556 e. The van der Waals surface area contributed by atoms with Gasteiger partial charge in [0, 0.05) is 17.7 Å². The Kier molecular flexibility index (Phi) is 8.91. The first kappa shape index (κ1) is 28.5. The van der Waals surface area contributed by atoms with Crippen LogP contribution in [0.2, 0.25) is 5.02 Å². The van der Waals surface area contributed by atoms with Gasteiger partial charge in [0.15, 0.2) is 9.84 Å². The number of benzene rings is 3. The number of sulfone groups is 1. The summed E-state index contributed by atoms with van der Waals surface area (Å²) in [7, 11) is -6.66. The second kappa shape index (κ2) is 11.6. The summed E-state index contributed by atoms with van der Waals surface area (Å²) >= 11 is 5.95. The first-order chi connectivity index (χ1) is 17.3. The van der Waals surface area contributed by atoms with Crippen LogP contribution in [0.1, 0.15) is 18.1 Å². The first-order valence-electron chi connectivity index (χ1n) is 10.6. The van der Waals surface area contributed by atoms with Crippen LogP contribution in [0.15, 0.2) is 65.6 Å². The Morgan fingerprint density at radius 3 is 2.30 bits per heavy atom. The topological polar surface area (TPSA) is 113 Å². The molecule has 0 saturated carbocycles. The zero-order chi connectivity index (χ0) is 27.4. The molecule has 0 aliphatic rings. The maximum absolute atomic E-state index is 12.9. The number of nitro groups is 1. The molecule has 1 atom stereocenters. The van der Waals surface area contributed by atoms with Gasteiger partial charge in [0.2, 0.25) is 0 Å². The van der Waals surface area contributed by atoms with Gasteiger partial charge < -0.3 is 4.74 Å². The van der Waals surface area contributed by atoms with Crippen LogP contribution in [-0.2, 0) is 31.5 Å². The van der Waals surface area contributed by atoms with Crippen LogP contribution in [-0.4, -0.2) is 25.7 Å². The van der Waals surface area contributed by atoms with Gasteiger partial charge in [-0.2, -0.15) is 13.2 Å². The standard InChI is InChI=1S/C23H19ClF3NO7PS/c1-2-15-12-19(28(29)30)22(36(31)34-10-11-37(32,33)17-6-4-3-5-7-17)14-21(15)35-20-9-8-16(13-18(20)24)23(25,26)27/h3-9,12-14H,2,10-11H2,1H3/q+1. The molecule has 0 amide bonds. The summed E-state index contributed by atoms with van der Waals surface area (Å²) in [6, 6.07) is 12.1. The second-order valence-electron chi connectivity index (χ2n) is 7.53. The summed E-state index contributed by atoms with van der Waals surface area (Å²) in [5.74, 6) is -0.716. The zero-order valence-electron chi connectivity index (χ0n) is 19.1. The van der Waals surface area contributed by atoms with Crippen molar-refractivity contribution in [2.45, 2.75) is 24.4 Å². The third kappa shape index (κ3) is 7.04. The third-order valence-electron chi connectivity index (χ3n) is 5.07. The summed E-state index contributed by atoms with van der Waals surface area (Å²) < 4.78 is 87.2. The number of nitrogens with zero attached hydrogens (tertiary/aromatic N) is 1. The van der Waals surface area contributed by atoms with E-state index in [4.69, 9.17) is 20.9 Å². The van der Waals surface area contributed by atoms with Crippen molar-refractivity contribution in [2.75, 3.05) is 12.4 Å². The highest BCUT2D eigenvalue weighted by atomic mass is 35.5. The van der Waals surface area contributed by atoms with E-state index >= 15 is 0 Å². The van der Waals surface area contributed by atoms with Gasteiger partial charge in [-0.15, -0.1) is 4.52 Å². The number of halogens is 4. The van der Waals surface area contributed by atoms with Gasteiger partial charge >= 0.3 is 25.2 Å².